The van der Waals surface area contributed by atoms with Crippen molar-refractivity contribution in [2.24, 2.45) is 0 Å². The van der Waals surface area contributed by atoms with E-state index in [0.717, 1.165) is 15.4 Å². The maximum Gasteiger partial charge on any atom is 0.243 e. The van der Waals surface area contributed by atoms with Crippen molar-refractivity contribution >= 4 is 65.1 Å². The molecule has 5 nitrogen and oxygen atoms in total. The van der Waals surface area contributed by atoms with Gasteiger partial charge in [0.25, 0.3) is 0 Å². The highest BCUT2D eigenvalue weighted by Crippen LogP contribution is 2.32. The second-order valence-corrected chi connectivity index (χ2v) is 11.4. The van der Waals surface area contributed by atoms with Crippen molar-refractivity contribution in [2.45, 2.75) is 25.3 Å². The number of hydrogen-bond donors (Lipinski definition) is 1. The third-order valence-corrected chi connectivity index (χ3v) is 8.11. The standard InChI is InChI=1S/C23H21Br2ClN2O3S/c1-15-6-5-8-18(10-15)32(30,31)28(13-17-7-3-4-9-21(17)26)14-22(29)27-23-19(24)11-16(2)12-20(23)25/h3-12H,13-14H2,1-2H3,(H,27,29). The summed E-state index contributed by atoms with van der Waals surface area (Å²) in [5.74, 6) is -0.474. The minimum absolute atomic E-state index is 0.0421. The van der Waals surface area contributed by atoms with E-state index in [-0.39, 0.29) is 18.0 Å². The van der Waals surface area contributed by atoms with Crippen LogP contribution in [-0.2, 0) is 21.4 Å². The molecule has 168 valence electrons. The molecule has 32 heavy (non-hydrogen) atoms. The summed E-state index contributed by atoms with van der Waals surface area (Å²) in [6, 6.07) is 17.3. The largest absolute Gasteiger partial charge is 0.323 e. The van der Waals surface area contributed by atoms with Gasteiger partial charge in [-0.15, -0.1) is 0 Å². The maximum atomic E-state index is 13.5. The Morgan fingerprint density at radius 2 is 1.62 bits per heavy atom. The van der Waals surface area contributed by atoms with Crippen molar-refractivity contribution in [3.05, 3.63) is 91.3 Å². The lowest BCUT2D eigenvalue weighted by Crippen LogP contribution is -2.37. The highest BCUT2D eigenvalue weighted by Gasteiger charge is 2.28. The van der Waals surface area contributed by atoms with E-state index in [2.05, 4.69) is 37.2 Å². The van der Waals surface area contributed by atoms with Gasteiger partial charge in [0.1, 0.15) is 0 Å². The fourth-order valence-corrected chi connectivity index (χ4v) is 6.41. The highest BCUT2D eigenvalue weighted by atomic mass is 79.9. The van der Waals surface area contributed by atoms with Gasteiger partial charge in [-0.2, -0.15) is 4.31 Å². The first-order valence-electron chi connectivity index (χ1n) is 9.63. The van der Waals surface area contributed by atoms with Crippen LogP contribution in [0.1, 0.15) is 16.7 Å². The van der Waals surface area contributed by atoms with Gasteiger partial charge in [0, 0.05) is 20.5 Å². The summed E-state index contributed by atoms with van der Waals surface area (Å²) in [4.78, 5) is 13.1. The Kier molecular flexibility index (Phi) is 8.16. The van der Waals surface area contributed by atoms with Gasteiger partial charge in [0.2, 0.25) is 15.9 Å². The van der Waals surface area contributed by atoms with Crippen LogP contribution in [0.2, 0.25) is 5.02 Å². The fraction of sp³-hybridized carbons (Fsp3) is 0.174. The van der Waals surface area contributed by atoms with Crippen LogP contribution in [0.3, 0.4) is 0 Å². The van der Waals surface area contributed by atoms with Crippen LogP contribution < -0.4 is 5.32 Å². The lowest BCUT2D eigenvalue weighted by atomic mass is 10.2. The van der Waals surface area contributed by atoms with Crippen molar-refractivity contribution in [3.63, 3.8) is 0 Å². The molecule has 0 aromatic heterocycles. The van der Waals surface area contributed by atoms with Gasteiger partial charge >= 0.3 is 0 Å². The lowest BCUT2D eigenvalue weighted by Gasteiger charge is -2.23. The van der Waals surface area contributed by atoms with Crippen LogP contribution in [0, 0.1) is 13.8 Å². The number of amides is 1. The Morgan fingerprint density at radius 3 is 2.25 bits per heavy atom. The molecule has 1 N–H and O–H groups in total. The Morgan fingerprint density at radius 1 is 0.969 bits per heavy atom. The topological polar surface area (TPSA) is 66.5 Å². The molecule has 0 spiro atoms. The molecule has 0 radical (unpaired) electrons. The predicted octanol–water partition coefficient (Wildman–Crippen LogP) is 6.31. The van der Waals surface area contributed by atoms with Gasteiger partial charge in [0.05, 0.1) is 17.1 Å². The average molecular weight is 601 g/mol. The molecule has 3 aromatic rings. The molecule has 0 aliphatic rings. The zero-order valence-corrected chi connectivity index (χ0v) is 22.1. The molecule has 0 saturated carbocycles. The van der Waals surface area contributed by atoms with Crippen LogP contribution in [0.5, 0.6) is 0 Å². The Labute approximate surface area is 210 Å². The summed E-state index contributed by atoms with van der Waals surface area (Å²) in [6.45, 7) is 3.32. The number of hydrogen-bond acceptors (Lipinski definition) is 3. The third-order valence-electron chi connectivity index (χ3n) is 4.70. The molecule has 0 bridgehead atoms. The number of rotatable bonds is 7. The predicted molar refractivity (Wildman–Crippen MR) is 135 cm³/mol. The van der Waals surface area contributed by atoms with Crippen molar-refractivity contribution < 1.29 is 13.2 Å². The molecule has 0 atom stereocenters. The van der Waals surface area contributed by atoms with Crippen molar-refractivity contribution in [3.8, 4) is 0 Å². The van der Waals surface area contributed by atoms with Crippen LogP contribution in [0.15, 0.2) is 74.5 Å². The Balaban J connectivity index is 1.94. The second-order valence-electron chi connectivity index (χ2n) is 7.33. The van der Waals surface area contributed by atoms with Crippen LogP contribution in [0.4, 0.5) is 5.69 Å². The normalized spacial score (nSPS) is 11.6. The van der Waals surface area contributed by atoms with Crippen LogP contribution in [-0.4, -0.2) is 25.2 Å². The summed E-state index contributed by atoms with van der Waals surface area (Å²) in [5.41, 5.74) is 2.95. The summed E-state index contributed by atoms with van der Waals surface area (Å²) in [5, 5.41) is 3.23. The molecule has 0 saturated heterocycles. The number of halogens is 3. The van der Waals surface area contributed by atoms with E-state index in [1.165, 1.54) is 6.07 Å². The molecular weight excluding hydrogens is 580 g/mol. The lowest BCUT2D eigenvalue weighted by molar-refractivity contribution is -0.116. The first kappa shape index (κ1) is 24.9. The minimum atomic E-state index is -3.96. The van der Waals surface area contributed by atoms with E-state index in [9.17, 15) is 13.2 Å². The number of nitrogens with one attached hydrogen (secondary N) is 1. The Hall–Kier alpha value is -1.71. The minimum Gasteiger partial charge on any atom is -0.323 e. The van der Waals surface area contributed by atoms with E-state index < -0.39 is 15.9 Å². The number of carbonyl (C=O) groups is 1. The number of benzene rings is 3. The number of aryl methyl sites for hydroxylation is 2. The van der Waals surface area contributed by atoms with E-state index in [0.29, 0.717) is 25.2 Å². The second kappa shape index (κ2) is 10.5. The Bertz CT molecular complexity index is 1240. The first-order chi connectivity index (χ1) is 15.1. The monoisotopic (exact) mass is 598 g/mol. The average Bonchev–Trinajstić information content (AvgIpc) is 2.71. The zero-order chi connectivity index (χ0) is 23.5. The van der Waals surface area contributed by atoms with Gasteiger partial charge < -0.3 is 5.32 Å². The van der Waals surface area contributed by atoms with Gasteiger partial charge in [-0.1, -0.05) is 41.9 Å². The molecule has 9 heteroatoms. The maximum absolute atomic E-state index is 13.5. The molecule has 0 unspecified atom stereocenters. The molecule has 0 aliphatic carbocycles. The quantitative estimate of drug-likeness (QED) is 0.346. The number of anilines is 1. The smallest absolute Gasteiger partial charge is 0.243 e. The summed E-state index contributed by atoms with van der Waals surface area (Å²) in [7, 11) is -3.96. The molecule has 0 heterocycles. The fourth-order valence-electron chi connectivity index (χ4n) is 3.13. The van der Waals surface area contributed by atoms with Gasteiger partial charge in [-0.25, -0.2) is 8.42 Å². The van der Waals surface area contributed by atoms with Gasteiger partial charge in [0.15, 0.2) is 0 Å². The molecule has 3 rings (SSSR count). The molecule has 0 fully saturated rings. The first-order valence-corrected chi connectivity index (χ1v) is 13.0. The van der Waals surface area contributed by atoms with E-state index in [1.807, 2.05) is 32.0 Å². The highest BCUT2D eigenvalue weighted by molar-refractivity contribution is 9.11. The molecule has 0 aliphatic heterocycles. The summed E-state index contributed by atoms with van der Waals surface area (Å²) < 4.78 is 29.4. The third kappa shape index (κ3) is 5.99. The van der Waals surface area contributed by atoms with Crippen molar-refractivity contribution in [2.75, 3.05) is 11.9 Å². The van der Waals surface area contributed by atoms with Crippen molar-refractivity contribution in [1.82, 2.24) is 4.31 Å². The van der Waals surface area contributed by atoms with Gasteiger partial charge in [-0.3, -0.25) is 4.79 Å². The molecule has 3 aromatic carbocycles. The van der Waals surface area contributed by atoms with Gasteiger partial charge in [-0.05, 0) is 92.7 Å². The number of sulfonamides is 1. The molecule has 1 amide bonds. The van der Waals surface area contributed by atoms with E-state index >= 15 is 0 Å². The molecular formula is C23H21Br2ClN2O3S. The van der Waals surface area contributed by atoms with Crippen molar-refractivity contribution in [1.29, 1.82) is 0 Å². The number of nitrogens with zero attached hydrogens (tertiary/aromatic N) is 1. The summed E-state index contributed by atoms with van der Waals surface area (Å²) in [6.07, 6.45) is 0. The van der Waals surface area contributed by atoms with E-state index in [4.69, 9.17) is 11.6 Å². The van der Waals surface area contributed by atoms with Crippen LogP contribution in [0.25, 0.3) is 0 Å². The van der Waals surface area contributed by atoms with Crippen LogP contribution >= 0.6 is 43.5 Å². The zero-order valence-electron chi connectivity index (χ0n) is 17.4. The summed E-state index contributed by atoms with van der Waals surface area (Å²) >= 11 is 13.2. The van der Waals surface area contributed by atoms with E-state index in [1.54, 1.807) is 36.4 Å². The number of carbonyl (C=O) groups excluding carboxylic acids is 1. The SMILES string of the molecule is Cc1cccc(S(=O)(=O)N(CC(=O)Nc2c(Br)cc(C)cc2Br)Cc2ccccc2Cl)c1.